The maximum Gasteiger partial charge on any atom is 0.164 e. The van der Waals surface area contributed by atoms with Crippen LogP contribution in [0.3, 0.4) is 0 Å². The summed E-state index contributed by atoms with van der Waals surface area (Å²) >= 11 is 5.89. The van der Waals surface area contributed by atoms with Crippen molar-refractivity contribution >= 4 is 17.4 Å². The fourth-order valence-corrected chi connectivity index (χ4v) is 2.62. The molecule has 0 aromatic carbocycles. The van der Waals surface area contributed by atoms with Crippen molar-refractivity contribution in [2.75, 3.05) is 5.73 Å². The van der Waals surface area contributed by atoms with E-state index in [1.54, 1.807) is 10.9 Å². The standard InChI is InChI=1S/C12H17ClN6/c13-9-8-18(17-12(9)14)7-5-11-16-15-10-4-2-1-3-6-19(10)11/h8H,1-7H2,(H2,14,17). The van der Waals surface area contributed by atoms with Gasteiger partial charge in [-0.2, -0.15) is 5.10 Å². The van der Waals surface area contributed by atoms with Crippen molar-refractivity contribution in [1.82, 2.24) is 24.5 Å². The summed E-state index contributed by atoms with van der Waals surface area (Å²) in [7, 11) is 0. The number of rotatable bonds is 3. The van der Waals surface area contributed by atoms with Gasteiger partial charge in [0.2, 0.25) is 0 Å². The number of aryl methyl sites for hydroxylation is 3. The van der Waals surface area contributed by atoms with E-state index in [9.17, 15) is 0 Å². The van der Waals surface area contributed by atoms with Crippen LogP contribution in [0, 0.1) is 0 Å². The molecule has 0 unspecified atom stereocenters. The van der Waals surface area contributed by atoms with Gasteiger partial charge in [-0.15, -0.1) is 10.2 Å². The van der Waals surface area contributed by atoms with Gasteiger partial charge in [-0.05, 0) is 12.8 Å². The highest BCUT2D eigenvalue weighted by molar-refractivity contribution is 6.32. The first kappa shape index (κ1) is 12.5. The lowest BCUT2D eigenvalue weighted by molar-refractivity contribution is 0.558. The van der Waals surface area contributed by atoms with Gasteiger partial charge in [0.25, 0.3) is 0 Å². The molecule has 0 spiro atoms. The van der Waals surface area contributed by atoms with Crippen molar-refractivity contribution in [3.8, 4) is 0 Å². The van der Waals surface area contributed by atoms with Crippen LogP contribution in [0.5, 0.6) is 0 Å². The van der Waals surface area contributed by atoms with Crippen molar-refractivity contribution in [2.45, 2.75) is 45.2 Å². The zero-order chi connectivity index (χ0) is 13.2. The molecule has 2 N–H and O–H groups in total. The van der Waals surface area contributed by atoms with E-state index in [4.69, 9.17) is 17.3 Å². The fraction of sp³-hybridized carbons (Fsp3) is 0.583. The molecule has 2 aromatic heterocycles. The van der Waals surface area contributed by atoms with Crippen LogP contribution >= 0.6 is 11.6 Å². The number of hydrogen-bond donors (Lipinski definition) is 1. The van der Waals surface area contributed by atoms with E-state index in [-0.39, 0.29) is 0 Å². The van der Waals surface area contributed by atoms with E-state index in [1.165, 1.54) is 19.3 Å². The Balaban J connectivity index is 1.71. The minimum Gasteiger partial charge on any atom is -0.381 e. The fourth-order valence-electron chi connectivity index (χ4n) is 2.47. The molecule has 6 nitrogen and oxygen atoms in total. The van der Waals surface area contributed by atoms with Gasteiger partial charge in [0.15, 0.2) is 5.82 Å². The second-order valence-corrected chi connectivity index (χ2v) is 5.28. The van der Waals surface area contributed by atoms with Crippen LogP contribution in [0.2, 0.25) is 5.02 Å². The predicted molar refractivity (Wildman–Crippen MR) is 72.9 cm³/mol. The lowest BCUT2D eigenvalue weighted by Crippen LogP contribution is -2.10. The number of fused-ring (bicyclic) bond motifs is 1. The Morgan fingerprint density at radius 3 is 2.95 bits per heavy atom. The molecular weight excluding hydrogens is 264 g/mol. The van der Waals surface area contributed by atoms with Gasteiger partial charge < -0.3 is 10.3 Å². The Morgan fingerprint density at radius 1 is 1.26 bits per heavy atom. The molecule has 0 saturated heterocycles. The maximum atomic E-state index is 5.89. The summed E-state index contributed by atoms with van der Waals surface area (Å²) in [5, 5.41) is 13.2. The molecule has 1 aliphatic rings. The number of nitrogens with two attached hydrogens (primary N) is 1. The Hall–Kier alpha value is -1.56. The number of nitrogen functional groups attached to an aromatic ring is 1. The third kappa shape index (κ3) is 2.58. The first-order valence-electron chi connectivity index (χ1n) is 6.63. The summed E-state index contributed by atoms with van der Waals surface area (Å²) in [4.78, 5) is 0. The molecule has 2 aromatic rings. The molecule has 0 saturated carbocycles. The van der Waals surface area contributed by atoms with E-state index in [1.807, 2.05) is 0 Å². The van der Waals surface area contributed by atoms with Gasteiger partial charge in [0, 0.05) is 32.1 Å². The average molecular weight is 281 g/mol. The first-order chi connectivity index (χ1) is 9.24. The molecule has 0 bridgehead atoms. The van der Waals surface area contributed by atoms with Gasteiger partial charge in [-0.1, -0.05) is 18.0 Å². The van der Waals surface area contributed by atoms with Crippen LogP contribution < -0.4 is 5.73 Å². The molecule has 0 atom stereocenters. The normalized spacial score (nSPS) is 15.2. The van der Waals surface area contributed by atoms with Crippen LogP contribution in [-0.2, 0) is 25.9 Å². The van der Waals surface area contributed by atoms with Crippen molar-refractivity contribution in [3.63, 3.8) is 0 Å². The highest BCUT2D eigenvalue weighted by Gasteiger charge is 2.14. The van der Waals surface area contributed by atoms with E-state index in [0.717, 1.165) is 37.6 Å². The summed E-state index contributed by atoms with van der Waals surface area (Å²) < 4.78 is 4.01. The van der Waals surface area contributed by atoms with Crippen LogP contribution in [0.4, 0.5) is 5.82 Å². The molecule has 3 rings (SSSR count). The van der Waals surface area contributed by atoms with Crippen LogP contribution in [0.15, 0.2) is 6.20 Å². The maximum absolute atomic E-state index is 5.89. The number of aromatic nitrogens is 5. The summed E-state index contributed by atoms with van der Waals surface area (Å²) in [6.45, 7) is 1.74. The monoisotopic (exact) mass is 280 g/mol. The van der Waals surface area contributed by atoms with Gasteiger partial charge >= 0.3 is 0 Å². The van der Waals surface area contributed by atoms with E-state index in [0.29, 0.717) is 10.8 Å². The molecule has 0 amide bonds. The van der Waals surface area contributed by atoms with E-state index in [2.05, 4.69) is 19.9 Å². The molecule has 7 heteroatoms. The van der Waals surface area contributed by atoms with Gasteiger partial charge in [-0.3, -0.25) is 4.68 Å². The second kappa shape index (κ2) is 5.21. The van der Waals surface area contributed by atoms with Crippen molar-refractivity contribution in [1.29, 1.82) is 0 Å². The third-order valence-corrected chi connectivity index (χ3v) is 3.79. The summed E-state index contributed by atoms with van der Waals surface area (Å²) in [5.74, 6) is 2.52. The van der Waals surface area contributed by atoms with Gasteiger partial charge in [0.1, 0.15) is 16.7 Å². The van der Waals surface area contributed by atoms with Crippen LogP contribution in [0.1, 0.15) is 30.9 Å². The third-order valence-electron chi connectivity index (χ3n) is 3.49. The van der Waals surface area contributed by atoms with Crippen molar-refractivity contribution in [2.24, 2.45) is 0 Å². The average Bonchev–Trinajstić information content (AvgIpc) is 2.82. The largest absolute Gasteiger partial charge is 0.381 e. The zero-order valence-electron chi connectivity index (χ0n) is 10.7. The lowest BCUT2D eigenvalue weighted by atomic mass is 10.2. The van der Waals surface area contributed by atoms with Crippen molar-refractivity contribution in [3.05, 3.63) is 22.9 Å². The molecule has 102 valence electrons. The Kier molecular flexibility index (Phi) is 3.42. The number of nitrogens with zero attached hydrogens (tertiary/aromatic N) is 5. The van der Waals surface area contributed by atoms with E-state index < -0.39 is 0 Å². The molecule has 1 aliphatic heterocycles. The van der Waals surface area contributed by atoms with Gasteiger partial charge in [-0.25, -0.2) is 0 Å². The summed E-state index contributed by atoms with van der Waals surface area (Å²) in [5.41, 5.74) is 5.62. The SMILES string of the molecule is Nc1nn(CCc2nnc3n2CCCCC3)cc1Cl. The molecule has 3 heterocycles. The van der Waals surface area contributed by atoms with Gasteiger partial charge in [0.05, 0.1) is 0 Å². The Labute approximate surface area is 116 Å². The molecule has 0 radical (unpaired) electrons. The highest BCUT2D eigenvalue weighted by atomic mass is 35.5. The lowest BCUT2D eigenvalue weighted by Gasteiger charge is -2.06. The van der Waals surface area contributed by atoms with Crippen LogP contribution in [-0.4, -0.2) is 24.5 Å². The Morgan fingerprint density at radius 2 is 2.16 bits per heavy atom. The summed E-state index contributed by atoms with van der Waals surface area (Å²) in [6, 6.07) is 0. The molecule has 0 fully saturated rings. The van der Waals surface area contributed by atoms with E-state index >= 15 is 0 Å². The predicted octanol–water partition coefficient (Wildman–Crippen LogP) is 1.68. The number of anilines is 1. The minimum absolute atomic E-state index is 0.377. The smallest absolute Gasteiger partial charge is 0.164 e. The first-order valence-corrected chi connectivity index (χ1v) is 7.01. The summed E-state index contributed by atoms with van der Waals surface area (Å²) in [6.07, 6.45) is 7.27. The van der Waals surface area contributed by atoms with Crippen molar-refractivity contribution < 1.29 is 0 Å². The van der Waals surface area contributed by atoms with Crippen LogP contribution in [0.25, 0.3) is 0 Å². The molecule has 19 heavy (non-hydrogen) atoms. The zero-order valence-corrected chi connectivity index (χ0v) is 11.5. The number of halogens is 1. The highest BCUT2D eigenvalue weighted by Crippen LogP contribution is 2.17. The quantitative estimate of drug-likeness (QED) is 0.928. The Bertz CT molecular complexity index is 553. The topological polar surface area (TPSA) is 74.6 Å². The minimum atomic E-state index is 0.377. The molecular formula is C12H17ClN6. The second-order valence-electron chi connectivity index (χ2n) is 4.87. The molecule has 0 aliphatic carbocycles. The number of hydrogen-bond acceptors (Lipinski definition) is 4.